The average Bonchev–Trinajstić information content (AvgIpc) is 2.84. The van der Waals surface area contributed by atoms with Gasteiger partial charge in [-0.25, -0.2) is 9.37 Å². The van der Waals surface area contributed by atoms with Crippen molar-refractivity contribution in [3.63, 3.8) is 0 Å². The molecule has 1 unspecified atom stereocenters. The second-order valence-corrected chi connectivity index (χ2v) is 8.80. The Morgan fingerprint density at radius 3 is 2.70 bits per heavy atom. The van der Waals surface area contributed by atoms with E-state index < -0.39 is 0 Å². The van der Waals surface area contributed by atoms with Gasteiger partial charge < -0.3 is 9.64 Å². The maximum Gasteiger partial charge on any atom is 0.254 e. The van der Waals surface area contributed by atoms with Crippen LogP contribution in [-0.4, -0.2) is 35.0 Å². The molecule has 33 heavy (non-hydrogen) atoms. The van der Waals surface area contributed by atoms with Gasteiger partial charge in [0.25, 0.3) is 5.91 Å². The van der Waals surface area contributed by atoms with Crippen molar-refractivity contribution < 1.29 is 13.9 Å². The van der Waals surface area contributed by atoms with Crippen LogP contribution in [-0.2, 0) is 0 Å². The molecule has 1 saturated heterocycles. The molecule has 1 fully saturated rings. The van der Waals surface area contributed by atoms with Gasteiger partial charge in [-0.2, -0.15) is 0 Å². The number of benzene rings is 2. The number of carbonyl (C=O) groups excluding carboxylic acids is 1. The Kier molecular flexibility index (Phi) is 7.38. The zero-order chi connectivity index (χ0) is 23.2. The number of amides is 1. The van der Waals surface area contributed by atoms with E-state index in [2.05, 4.69) is 28.9 Å². The van der Waals surface area contributed by atoms with Gasteiger partial charge in [-0.3, -0.25) is 4.79 Å². The summed E-state index contributed by atoms with van der Waals surface area (Å²) >= 11 is 0. The predicted octanol–water partition coefficient (Wildman–Crippen LogP) is 6.30. The van der Waals surface area contributed by atoms with Crippen LogP contribution in [0.15, 0.2) is 66.9 Å². The third-order valence-electron chi connectivity index (χ3n) is 6.40. The molecular weight excluding hydrogens is 415 g/mol. The summed E-state index contributed by atoms with van der Waals surface area (Å²) in [6.07, 6.45) is 5.00. The Morgan fingerprint density at radius 2 is 1.97 bits per heavy atom. The molecule has 1 aromatic heterocycles. The van der Waals surface area contributed by atoms with Gasteiger partial charge in [-0.05, 0) is 49.4 Å². The molecule has 172 valence electrons. The SMILES string of the molecule is CCCC1[C@@H](COc2ccc(F)cn2)CCCN1C(=O)c1cc(C)ccc1-c1ccccc1. The number of piperidine rings is 1. The van der Waals surface area contributed by atoms with Crippen LogP contribution >= 0.6 is 0 Å². The molecule has 3 aromatic rings. The number of aryl methyl sites for hydroxylation is 1. The molecule has 2 atom stereocenters. The summed E-state index contributed by atoms with van der Waals surface area (Å²) in [7, 11) is 0. The van der Waals surface area contributed by atoms with Crippen molar-refractivity contribution in [3.8, 4) is 17.0 Å². The molecule has 1 amide bonds. The fourth-order valence-corrected chi connectivity index (χ4v) is 4.77. The minimum Gasteiger partial charge on any atom is -0.477 e. The first-order valence-electron chi connectivity index (χ1n) is 11.8. The number of hydrogen-bond donors (Lipinski definition) is 0. The first-order valence-corrected chi connectivity index (χ1v) is 11.8. The predicted molar refractivity (Wildman–Crippen MR) is 129 cm³/mol. The van der Waals surface area contributed by atoms with Crippen LogP contribution in [0.1, 0.15) is 48.5 Å². The highest BCUT2D eigenvalue weighted by Crippen LogP contribution is 2.32. The zero-order valence-corrected chi connectivity index (χ0v) is 19.3. The molecule has 4 nitrogen and oxygen atoms in total. The molecule has 2 heterocycles. The average molecular weight is 447 g/mol. The summed E-state index contributed by atoms with van der Waals surface area (Å²) in [5.41, 5.74) is 3.84. The lowest BCUT2D eigenvalue weighted by Crippen LogP contribution is -2.50. The number of carbonyl (C=O) groups is 1. The van der Waals surface area contributed by atoms with Crippen molar-refractivity contribution in [2.24, 2.45) is 5.92 Å². The van der Waals surface area contributed by atoms with Crippen LogP contribution in [0.5, 0.6) is 5.88 Å². The Morgan fingerprint density at radius 1 is 1.15 bits per heavy atom. The van der Waals surface area contributed by atoms with Crippen LogP contribution in [0, 0.1) is 18.7 Å². The number of pyridine rings is 1. The van der Waals surface area contributed by atoms with Gasteiger partial charge in [-0.15, -0.1) is 0 Å². The molecule has 0 saturated carbocycles. The van der Waals surface area contributed by atoms with E-state index in [1.165, 1.54) is 12.3 Å². The van der Waals surface area contributed by atoms with Gasteiger partial charge in [0.2, 0.25) is 5.88 Å². The van der Waals surface area contributed by atoms with E-state index >= 15 is 0 Å². The number of halogens is 1. The topological polar surface area (TPSA) is 42.4 Å². The lowest BCUT2D eigenvalue weighted by Gasteiger charge is -2.41. The highest BCUT2D eigenvalue weighted by atomic mass is 19.1. The van der Waals surface area contributed by atoms with Gasteiger partial charge in [0.1, 0.15) is 5.82 Å². The summed E-state index contributed by atoms with van der Waals surface area (Å²) in [5.74, 6) is 0.327. The Hall–Kier alpha value is -3.21. The van der Waals surface area contributed by atoms with Crippen LogP contribution < -0.4 is 4.74 Å². The molecule has 0 bridgehead atoms. The zero-order valence-electron chi connectivity index (χ0n) is 19.3. The van der Waals surface area contributed by atoms with Crippen molar-refractivity contribution in [3.05, 3.63) is 83.8 Å². The van der Waals surface area contributed by atoms with Gasteiger partial charge in [0.05, 0.1) is 12.8 Å². The molecule has 4 rings (SSSR count). The van der Waals surface area contributed by atoms with Crippen molar-refractivity contribution in [1.82, 2.24) is 9.88 Å². The smallest absolute Gasteiger partial charge is 0.254 e. The highest BCUT2D eigenvalue weighted by Gasteiger charge is 2.35. The van der Waals surface area contributed by atoms with Gasteiger partial charge in [-0.1, -0.05) is 61.4 Å². The number of nitrogens with zero attached hydrogens (tertiary/aromatic N) is 2. The molecule has 0 N–H and O–H groups in total. The van der Waals surface area contributed by atoms with Crippen molar-refractivity contribution in [2.75, 3.05) is 13.2 Å². The minimum absolute atomic E-state index is 0.0839. The lowest BCUT2D eigenvalue weighted by molar-refractivity contribution is 0.0378. The van der Waals surface area contributed by atoms with Crippen molar-refractivity contribution in [2.45, 2.75) is 45.6 Å². The van der Waals surface area contributed by atoms with E-state index in [4.69, 9.17) is 4.74 Å². The maximum atomic E-state index is 13.9. The summed E-state index contributed by atoms with van der Waals surface area (Å²) in [5, 5.41) is 0. The monoisotopic (exact) mass is 446 g/mol. The van der Waals surface area contributed by atoms with Crippen LogP contribution in [0.25, 0.3) is 11.1 Å². The van der Waals surface area contributed by atoms with E-state index in [9.17, 15) is 9.18 Å². The van der Waals surface area contributed by atoms with Gasteiger partial charge >= 0.3 is 0 Å². The van der Waals surface area contributed by atoms with E-state index in [-0.39, 0.29) is 23.7 Å². The first kappa shape index (κ1) is 23.0. The number of rotatable bonds is 7. The summed E-state index contributed by atoms with van der Waals surface area (Å²) < 4.78 is 19.1. The summed E-state index contributed by atoms with van der Waals surface area (Å²) in [4.78, 5) is 20.0. The molecule has 1 aliphatic heterocycles. The number of ether oxygens (including phenoxy) is 1. The highest BCUT2D eigenvalue weighted by molar-refractivity contribution is 6.01. The molecule has 1 aliphatic rings. The number of likely N-dealkylation sites (tertiary alicyclic amines) is 1. The second-order valence-electron chi connectivity index (χ2n) is 8.80. The molecule has 0 aliphatic carbocycles. The Labute approximate surface area is 195 Å². The van der Waals surface area contributed by atoms with Gasteiger partial charge in [0, 0.05) is 30.1 Å². The van der Waals surface area contributed by atoms with Crippen molar-refractivity contribution >= 4 is 5.91 Å². The Bertz CT molecular complexity index is 1070. The first-order chi connectivity index (χ1) is 16.1. The number of hydrogen-bond acceptors (Lipinski definition) is 3. The molecule has 5 heteroatoms. The standard InChI is InChI=1S/C28H31FN2O2/c1-3-8-26-22(19-33-27-15-13-23(29)18-30-27)11-7-16-31(26)28(32)25-17-20(2)12-14-24(25)21-9-5-4-6-10-21/h4-6,9-10,12-15,17-18,22,26H,3,7-8,11,16,19H2,1-2H3/t22-,26?/m1/s1. The second kappa shape index (κ2) is 10.6. The third-order valence-corrected chi connectivity index (χ3v) is 6.40. The normalized spacial score (nSPS) is 18.2. The van der Waals surface area contributed by atoms with E-state index in [1.54, 1.807) is 6.07 Å². The van der Waals surface area contributed by atoms with Crippen LogP contribution in [0.4, 0.5) is 4.39 Å². The fraction of sp³-hybridized carbons (Fsp3) is 0.357. The number of aromatic nitrogens is 1. The third kappa shape index (κ3) is 5.41. The molecule has 0 radical (unpaired) electrons. The van der Waals surface area contributed by atoms with E-state index in [0.717, 1.165) is 54.5 Å². The quantitative estimate of drug-likeness (QED) is 0.428. The van der Waals surface area contributed by atoms with E-state index in [0.29, 0.717) is 12.5 Å². The summed E-state index contributed by atoms with van der Waals surface area (Å²) in [6, 6.07) is 19.2. The molecule has 2 aromatic carbocycles. The maximum absolute atomic E-state index is 13.9. The van der Waals surface area contributed by atoms with Gasteiger partial charge in [0.15, 0.2) is 0 Å². The van der Waals surface area contributed by atoms with Crippen LogP contribution in [0.3, 0.4) is 0 Å². The lowest BCUT2D eigenvalue weighted by atomic mass is 9.86. The Balaban J connectivity index is 1.58. The minimum atomic E-state index is -0.381. The van der Waals surface area contributed by atoms with Crippen LogP contribution in [0.2, 0.25) is 0 Å². The van der Waals surface area contributed by atoms with Crippen molar-refractivity contribution in [1.29, 1.82) is 0 Å². The fourth-order valence-electron chi connectivity index (χ4n) is 4.77. The molecule has 0 spiro atoms. The molecular formula is C28H31FN2O2. The summed E-state index contributed by atoms with van der Waals surface area (Å²) in [6.45, 7) is 5.39. The van der Waals surface area contributed by atoms with E-state index in [1.807, 2.05) is 43.3 Å². The largest absolute Gasteiger partial charge is 0.477 e.